The van der Waals surface area contributed by atoms with Crippen molar-refractivity contribution in [3.8, 4) is 11.8 Å². The van der Waals surface area contributed by atoms with Crippen molar-refractivity contribution < 1.29 is 9.90 Å². The zero-order valence-electron chi connectivity index (χ0n) is 11.8. The van der Waals surface area contributed by atoms with Gasteiger partial charge in [0.15, 0.2) is 0 Å². The van der Waals surface area contributed by atoms with E-state index >= 15 is 0 Å². The van der Waals surface area contributed by atoms with Gasteiger partial charge < -0.3 is 14.9 Å². The molecule has 0 spiro atoms. The van der Waals surface area contributed by atoms with Crippen LogP contribution < -0.4 is 0 Å². The van der Waals surface area contributed by atoms with Crippen molar-refractivity contribution >= 4 is 5.91 Å². The minimum Gasteiger partial charge on any atom is -0.384 e. The van der Waals surface area contributed by atoms with E-state index in [1.54, 1.807) is 18.5 Å². The summed E-state index contributed by atoms with van der Waals surface area (Å²) in [6, 6.07) is 2.08. The van der Waals surface area contributed by atoms with Crippen LogP contribution in [0.15, 0.2) is 18.5 Å². The number of aliphatic hydroxyl groups excluding tert-OH is 1. The van der Waals surface area contributed by atoms with E-state index in [9.17, 15) is 4.79 Å². The minimum atomic E-state index is -0.200. The number of carbonyl (C=O) groups is 1. The Hall–Kier alpha value is -1.90. The summed E-state index contributed by atoms with van der Waals surface area (Å²) in [6.07, 6.45) is 3.15. The van der Waals surface area contributed by atoms with Gasteiger partial charge in [-0.25, -0.2) is 0 Å². The maximum absolute atomic E-state index is 12.4. The molecule has 1 aliphatic heterocycles. The van der Waals surface area contributed by atoms with E-state index in [1.807, 2.05) is 4.90 Å². The lowest BCUT2D eigenvalue weighted by atomic mass is 10.1. The number of nitrogens with zero attached hydrogens (tertiary/aromatic N) is 3. The lowest BCUT2D eigenvalue weighted by molar-refractivity contribution is 0.0572. The minimum absolute atomic E-state index is 0.00917. The zero-order chi connectivity index (χ0) is 14.5. The molecule has 0 aliphatic carbocycles. The van der Waals surface area contributed by atoms with Crippen LogP contribution in [0.4, 0.5) is 0 Å². The monoisotopic (exact) mass is 273 g/mol. The molecule has 1 atom stereocenters. The second kappa shape index (κ2) is 6.51. The summed E-state index contributed by atoms with van der Waals surface area (Å²) in [5, 5.41) is 8.69. The van der Waals surface area contributed by atoms with Crippen LogP contribution in [0.25, 0.3) is 0 Å². The number of likely N-dealkylation sites (N-methyl/N-ethyl adjacent to an activating group) is 1. The van der Waals surface area contributed by atoms with Gasteiger partial charge in [0.05, 0.1) is 5.56 Å². The smallest absolute Gasteiger partial charge is 0.255 e. The summed E-state index contributed by atoms with van der Waals surface area (Å²) in [6.45, 7) is 4.24. The number of carbonyl (C=O) groups excluding carboxylic acids is 1. The lowest BCUT2D eigenvalue weighted by Crippen LogP contribution is -2.52. The van der Waals surface area contributed by atoms with Gasteiger partial charge in [0.1, 0.15) is 6.61 Å². The number of amides is 1. The quantitative estimate of drug-likeness (QED) is 0.743. The topological polar surface area (TPSA) is 56.7 Å². The van der Waals surface area contributed by atoms with Crippen LogP contribution in [-0.2, 0) is 0 Å². The highest BCUT2D eigenvalue weighted by Crippen LogP contribution is 2.12. The van der Waals surface area contributed by atoms with Crippen LogP contribution in [0.2, 0.25) is 0 Å². The molecule has 106 valence electrons. The predicted molar refractivity (Wildman–Crippen MR) is 76.2 cm³/mol. The van der Waals surface area contributed by atoms with Gasteiger partial charge in [-0.3, -0.25) is 9.78 Å². The van der Waals surface area contributed by atoms with Crippen molar-refractivity contribution in [2.75, 3.05) is 33.3 Å². The largest absolute Gasteiger partial charge is 0.384 e. The summed E-state index contributed by atoms with van der Waals surface area (Å²) >= 11 is 0. The SMILES string of the molecule is CC1CN(C(=O)c2cncc(C#CCO)c2)CCN1C. The average Bonchev–Trinajstić information content (AvgIpc) is 2.47. The summed E-state index contributed by atoms with van der Waals surface area (Å²) in [4.78, 5) is 20.6. The molecule has 0 aromatic carbocycles. The second-order valence-corrected chi connectivity index (χ2v) is 5.00. The fraction of sp³-hybridized carbons (Fsp3) is 0.467. The Balaban J connectivity index is 2.13. The first-order chi connectivity index (χ1) is 9.61. The van der Waals surface area contributed by atoms with Crippen molar-refractivity contribution in [2.45, 2.75) is 13.0 Å². The van der Waals surface area contributed by atoms with Gasteiger partial charge in [0, 0.05) is 43.6 Å². The zero-order valence-corrected chi connectivity index (χ0v) is 11.8. The molecule has 1 fully saturated rings. The number of pyridine rings is 1. The molecule has 20 heavy (non-hydrogen) atoms. The molecule has 1 aromatic heterocycles. The number of hydrogen-bond donors (Lipinski definition) is 1. The van der Waals surface area contributed by atoms with E-state index in [-0.39, 0.29) is 12.5 Å². The van der Waals surface area contributed by atoms with Crippen LogP contribution in [0, 0.1) is 11.8 Å². The summed E-state index contributed by atoms with van der Waals surface area (Å²) in [5.41, 5.74) is 1.19. The number of aromatic nitrogens is 1. The molecule has 2 heterocycles. The highest BCUT2D eigenvalue weighted by Gasteiger charge is 2.25. The number of piperazine rings is 1. The first-order valence-electron chi connectivity index (χ1n) is 6.66. The molecule has 5 nitrogen and oxygen atoms in total. The summed E-state index contributed by atoms with van der Waals surface area (Å²) < 4.78 is 0. The summed E-state index contributed by atoms with van der Waals surface area (Å²) in [7, 11) is 2.07. The maximum Gasteiger partial charge on any atom is 0.255 e. The Morgan fingerprint density at radius 3 is 3.00 bits per heavy atom. The van der Waals surface area contributed by atoms with Gasteiger partial charge in [-0.1, -0.05) is 11.8 Å². The van der Waals surface area contributed by atoms with Gasteiger partial charge in [-0.15, -0.1) is 0 Å². The number of aliphatic hydroxyl groups is 1. The maximum atomic E-state index is 12.4. The predicted octanol–water partition coefficient (Wildman–Crippen LogP) is 0.202. The van der Waals surface area contributed by atoms with Crippen LogP contribution in [0.1, 0.15) is 22.8 Å². The fourth-order valence-corrected chi connectivity index (χ4v) is 2.18. The molecule has 1 unspecified atom stereocenters. The van der Waals surface area contributed by atoms with Crippen molar-refractivity contribution in [2.24, 2.45) is 0 Å². The average molecular weight is 273 g/mol. The molecule has 2 rings (SSSR count). The molecule has 1 saturated heterocycles. The Labute approximate surface area is 119 Å². The highest BCUT2D eigenvalue weighted by atomic mass is 16.2. The van der Waals surface area contributed by atoms with Crippen LogP contribution in [0.3, 0.4) is 0 Å². The van der Waals surface area contributed by atoms with Gasteiger partial charge in [-0.05, 0) is 20.0 Å². The molecule has 5 heteroatoms. The molecular formula is C15H19N3O2. The molecule has 0 bridgehead atoms. The third-order valence-corrected chi connectivity index (χ3v) is 3.54. The molecule has 1 amide bonds. The van der Waals surface area contributed by atoms with Gasteiger partial charge in [-0.2, -0.15) is 0 Å². The Bertz CT molecular complexity index is 548. The van der Waals surface area contributed by atoms with Crippen molar-refractivity contribution in [3.05, 3.63) is 29.6 Å². The molecule has 0 saturated carbocycles. The number of hydrogen-bond acceptors (Lipinski definition) is 4. The molecular weight excluding hydrogens is 254 g/mol. The van der Waals surface area contributed by atoms with E-state index in [0.717, 1.165) is 19.6 Å². The molecule has 0 radical (unpaired) electrons. The number of rotatable bonds is 1. The van der Waals surface area contributed by atoms with E-state index in [0.29, 0.717) is 17.2 Å². The van der Waals surface area contributed by atoms with Crippen molar-refractivity contribution in [1.82, 2.24) is 14.8 Å². The van der Waals surface area contributed by atoms with Crippen molar-refractivity contribution in [1.29, 1.82) is 0 Å². The van der Waals surface area contributed by atoms with E-state index < -0.39 is 0 Å². The first-order valence-corrected chi connectivity index (χ1v) is 6.66. The van der Waals surface area contributed by atoms with Crippen LogP contribution in [-0.4, -0.2) is 65.1 Å². The van der Waals surface area contributed by atoms with E-state index in [2.05, 4.69) is 35.7 Å². The molecule has 1 aromatic rings. The second-order valence-electron chi connectivity index (χ2n) is 5.00. The van der Waals surface area contributed by atoms with Crippen LogP contribution >= 0.6 is 0 Å². The molecule has 1 aliphatic rings. The van der Waals surface area contributed by atoms with Gasteiger partial charge >= 0.3 is 0 Å². The summed E-state index contributed by atoms with van der Waals surface area (Å²) in [5.74, 6) is 5.31. The molecule has 1 N–H and O–H groups in total. The van der Waals surface area contributed by atoms with E-state index in [4.69, 9.17) is 5.11 Å². The normalized spacial score (nSPS) is 19.4. The highest BCUT2D eigenvalue weighted by molar-refractivity contribution is 5.94. The van der Waals surface area contributed by atoms with E-state index in [1.165, 1.54) is 0 Å². The van der Waals surface area contributed by atoms with Crippen molar-refractivity contribution in [3.63, 3.8) is 0 Å². The fourth-order valence-electron chi connectivity index (χ4n) is 2.18. The first kappa shape index (κ1) is 14.5. The third kappa shape index (κ3) is 3.35. The van der Waals surface area contributed by atoms with Gasteiger partial charge in [0.2, 0.25) is 0 Å². The van der Waals surface area contributed by atoms with Gasteiger partial charge in [0.25, 0.3) is 5.91 Å². The Morgan fingerprint density at radius 2 is 2.30 bits per heavy atom. The lowest BCUT2D eigenvalue weighted by Gasteiger charge is -2.37. The standard InChI is InChI=1S/C15H19N3O2/c1-12-11-18(6-5-17(12)2)15(20)14-8-13(4-3-7-19)9-16-10-14/h8-10,12,19H,5-7,11H2,1-2H3. The third-order valence-electron chi connectivity index (χ3n) is 3.54. The Morgan fingerprint density at radius 1 is 1.50 bits per heavy atom. The van der Waals surface area contributed by atoms with Crippen LogP contribution in [0.5, 0.6) is 0 Å². The Kier molecular flexibility index (Phi) is 4.72.